The highest BCUT2D eigenvalue weighted by Gasteiger charge is 2.37. The fraction of sp³-hybridized carbons (Fsp3) is 0.167. The predicted octanol–water partition coefficient (Wildman–Crippen LogP) is 3.82. The van der Waals surface area contributed by atoms with Crippen LogP contribution in [0.15, 0.2) is 46.7 Å². The molecule has 0 aliphatic carbocycles. The van der Waals surface area contributed by atoms with E-state index < -0.39 is 0 Å². The van der Waals surface area contributed by atoms with Gasteiger partial charge in [-0.1, -0.05) is 35.7 Å². The van der Waals surface area contributed by atoms with Crippen LogP contribution in [-0.4, -0.2) is 9.97 Å². The molecule has 0 amide bonds. The van der Waals surface area contributed by atoms with Crippen LogP contribution in [0.2, 0.25) is 0 Å². The third-order valence-corrected chi connectivity index (χ3v) is 5.08. The van der Waals surface area contributed by atoms with Crippen molar-refractivity contribution in [1.82, 2.24) is 9.97 Å². The molecule has 0 N–H and O–H groups in total. The third kappa shape index (κ3) is 1.82. The van der Waals surface area contributed by atoms with Gasteiger partial charge in [0.2, 0.25) is 0 Å². The van der Waals surface area contributed by atoms with E-state index in [2.05, 4.69) is 22.1 Å². The maximum absolute atomic E-state index is 6.02. The Hall–Kier alpha value is -0.750. The van der Waals surface area contributed by atoms with Gasteiger partial charge in [-0.25, -0.2) is 9.97 Å². The van der Waals surface area contributed by atoms with Gasteiger partial charge in [0, 0.05) is 23.5 Å². The molecule has 4 heterocycles. The summed E-state index contributed by atoms with van der Waals surface area (Å²) in [5.41, 5.74) is 2.39. The van der Waals surface area contributed by atoms with Crippen LogP contribution in [0.25, 0.3) is 0 Å². The van der Waals surface area contributed by atoms with Gasteiger partial charge in [0.25, 0.3) is 0 Å². The summed E-state index contributed by atoms with van der Waals surface area (Å²) < 4.78 is 6.02. The Balaban J connectivity index is 0.000001000. The van der Waals surface area contributed by atoms with Crippen molar-refractivity contribution in [1.29, 1.82) is 0 Å². The van der Waals surface area contributed by atoms with Gasteiger partial charge in [-0.2, -0.15) is 0 Å². The first kappa shape index (κ1) is 12.3. The Morgan fingerprint density at radius 2 is 1.39 bits per heavy atom. The van der Waals surface area contributed by atoms with Crippen LogP contribution in [0.1, 0.15) is 22.0 Å². The van der Waals surface area contributed by atoms with Crippen molar-refractivity contribution in [3.63, 3.8) is 0 Å². The van der Waals surface area contributed by atoms with E-state index in [9.17, 15) is 0 Å². The zero-order valence-corrected chi connectivity index (χ0v) is 11.6. The highest BCUT2D eigenvalue weighted by molar-refractivity contribution is 8.01. The summed E-state index contributed by atoms with van der Waals surface area (Å²) in [7, 11) is 0. The molecule has 4 rings (SSSR count). The number of nitrogens with zero attached hydrogens (tertiary/aromatic N) is 2. The second kappa shape index (κ2) is 4.74. The SMILES string of the molecule is Cl.c1cnc2c(c1)C1OC(S2)c2cccnc2S1. The van der Waals surface area contributed by atoms with Crippen molar-refractivity contribution >= 4 is 35.9 Å². The second-order valence-electron chi connectivity index (χ2n) is 3.83. The summed E-state index contributed by atoms with van der Waals surface area (Å²) in [4.78, 5) is 8.85. The lowest BCUT2D eigenvalue weighted by atomic mass is 10.2. The zero-order chi connectivity index (χ0) is 11.2. The number of halogens is 1. The molecule has 2 aliphatic heterocycles. The zero-order valence-electron chi connectivity index (χ0n) is 9.15. The van der Waals surface area contributed by atoms with Crippen LogP contribution >= 0.6 is 35.9 Å². The number of pyridine rings is 2. The highest BCUT2D eigenvalue weighted by atomic mass is 35.5. The number of aromatic nitrogens is 2. The molecular weight excluding hydrogens is 288 g/mol. The standard InChI is InChI=1S/C12H8N2OS2.ClH/c1-3-7-9(13-5-1)16-12-8-4-2-6-14-10(8)17-11(7)15-12;/h1-6,11-12H;1H. The van der Waals surface area contributed by atoms with E-state index >= 15 is 0 Å². The van der Waals surface area contributed by atoms with Crippen molar-refractivity contribution in [2.75, 3.05) is 0 Å². The fourth-order valence-corrected chi connectivity index (χ4v) is 4.46. The van der Waals surface area contributed by atoms with Gasteiger partial charge in [-0.15, -0.1) is 12.4 Å². The number of hydrogen-bond donors (Lipinski definition) is 0. The molecule has 0 spiro atoms. The first-order chi connectivity index (χ1) is 8.42. The average Bonchev–Trinajstić information content (AvgIpc) is 2.39. The normalized spacial score (nSPS) is 23.6. The smallest absolute Gasteiger partial charge is 0.138 e. The second-order valence-corrected chi connectivity index (χ2v) is 5.93. The van der Waals surface area contributed by atoms with Gasteiger partial charge < -0.3 is 4.74 Å². The molecule has 2 aliphatic rings. The molecular formula is C12H9ClN2OS2. The summed E-state index contributed by atoms with van der Waals surface area (Å²) in [6, 6.07) is 8.07. The van der Waals surface area contributed by atoms with Crippen molar-refractivity contribution in [3.8, 4) is 0 Å². The number of fused-ring (bicyclic) bond motifs is 6. The summed E-state index contributed by atoms with van der Waals surface area (Å²) in [6.07, 6.45) is 3.67. The van der Waals surface area contributed by atoms with Crippen molar-refractivity contribution in [3.05, 3.63) is 47.8 Å². The maximum Gasteiger partial charge on any atom is 0.138 e. The molecule has 0 saturated heterocycles. The first-order valence-corrected chi connectivity index (χ1v) is 7.06. The molecule has 3 nitrogen and oxygen atoms in total. The van der Waals surface area contributed by atoms with E-state index in [1.165, 1.54) is 0 Å². The Morgan fingerprint density at radius 3 is 1.89 bits per heavy atom. The van der Waals surface area contributed by atoms with Crippen LogP contribution in [0, 0.1) is 0 Å². The van der Waals surface area contributed by atoms with Gasteiger partial charge in [0.15, 0.2) is 0 Å². The van der Waals surface area contributed by atoms with E-state index in [0.29, 0.717) is 0 Å². The van der Waals surface area contributed by atoms with Crippen LogP contribution in [0.4, 0.5) is 0 Å². The van der Waals surface area contributed by atoms with Crippen molar-refractivity contribution in [2.45, 2.75) is 20.9 Å². The van der Waals surface area contributed by atoms with E-state index in [1.54, 1.807) is 23.5 Å². The van der Waals surface area contributed by atoms with E-state index in [4.69, 9.17) is 4.74 Å². The van der Waals surface area contributed by atoms with Gasteiger partial charge in [-0.05, 0) is 12.1 Å². The molecule has 92 valence electrons. The molecule has 2 aromatic heterocycles. The van der Waals surface area contributed by atoms with Gasteiger partial charge >= 0.3 is 0 Å². The molecule has 0 radical (unpaired) electrons. The summed E-state index contributed by atoms with van der Waals surface area (Å²) in [5.74, 6) is 0. The Bertz CT molecular complexity index is 544. The lowest BCUT2D eigenvalue weighted by molar-refractivity contribution is 0.0768. The molecule has 0 fully saturated rings. The average molecular weight is 297 g/mol. The lowest BCUT2D eigenvalue weighted by Gasteiger charge is -2.35. The molecule has 18 heavy (non-hydrogen) atoms. The lowest BCUT2D eigenvalue weighted by Crippen LogP contribution is -2.18. The van der Waals surface area contributed by atoms with E-state index in [0.717, 1.165) is 21.2 Å². The predicted molar refractivity (Wildman–Crippen MR) is 74.0 cm³/mol. The highest BCUT2D eigenvalue weighted by Crippen LogP contribution is 2.57. The molecule has 2 bridgehead atoms. The molecule has 0 aromatic carbocycles. The third-order valence-electron chi connectivity index (χ3n) is 2.79. The van der Waals surface area contributed by atoms with E-state index in [-0.39, 0.29) is 23.3 Å². The van der Waals surface area contributed by atoms with Gasteiger partial charge in [0.1, 0.15) is 20.9 Å². The molecule has 2 aromatic rings. The number of thioether (sulfide) groups is 2. The molecule has 2 atom stereocenters. The van der Waals surface area contributed by atoms with Crippen molar-refractivity contribution in [2.24, 2.45) is 0 Å². The number of rotatable bonds is 0. The number of hydrogen-bond acceptors (Lipinski definition) is 5. The van der Waals surface area contributed by atoms with Crippen LogP contribution < -0.4 is 0 Å². The Morgan fingerprint density at radius 1 is 0.889 bits per heavy atom. The van der Waals surface area contributed by atoms with Crippen LogP contribution in [0.3, 0.4) is 0 Å². The van der Waals surface area contributed by atoms with Crippen LogP contribution in [-0.2, 0) is 4.74 Å². The van der Waals surface area contributed by atoms with Crippen molar-refractivity contribution < 1.29 is 4.74 Å². The minimum atomic E-state index is 0. The molecule has 6 heteroatoms. The summed E-state index contributed by atoms with van der Waals surface area (Å²) in [5, 5.41) is 2.16. The Labute approximate surface area is 119 Å². The van der Waals surface area contributed by atoms with E-state index in [1.807, 2.05) is 24.5 Å². The quantitative estimate of drug-likeness (QED) is 0.738. The molecule has 2 unspecified atom stereocenters. The Kier molecular flexibility index (Phi) is 3.23. The first-order valence-electron chi connectivity index (χ1n) is 5.30. The minimum absolute atomic E-state index is 0. The maximum atomic E-state index is 6.02. The number of ether oxygens (including phenoxy) is 1. The van der Waals surface area contributed by atoms with Crippen LogP contribution in [0.5, 0.6) is 0 Å². The summed E-state index contributed by atoms with van der Waals surface area (Å²) >= 11 is 3.34. The largest absolute Gasteiger partial charge is 0.343 e. The van der Waals surface area contributed by atoms with Gasteiger partial charge in [0.05, 0.1) is 0 Å². The fourth-order valence-electron chi connectivity index (χ4n) is 2.01. The molecule has 0 saturated carbocycles. The summed E-state index contributed by atoms with van der Waals surface area (Å²) in [6.45, 7) is 0. The van der Waals surface area contributed by atoms with Gasteiger partial charge in [-0.3, -0.25) is 0 Å². The monoisotopic (exact) mass is 296 g/mol. The minimum Gasteiger partial charge on any atom is -0.343 e. The topological polar surface area (TPSA) is 35.0 Å².